The molecular weight excluding hydrogens is 811 g/mol. The fraction of sp³-hybridized carbons (Fsp3) is 0.0154. The highest BCUT2D eigenvalue weighted by atomic mass is 16.3. The molecule has 2 nitrogen and oxygen atoms in total. The van der Waals surface area contributed by atoms with Gasteiger partial charge in [-0.05, 0) is 137 Å². The molecule has 312 valence electrons. The van der Waals surface area contributed by atoms with Crippen LogP contribution in [-0.4, -0.2) is 0 Å². The third kappa shape index (κ3) is 5.51. The summed E-state index contributed by atoms with van der Waals surface area (Å²) in [5.41, 5.74) is 14.3. The topological polar surface area (TPSA) is 16.4 Å². The Balaban J connectivity index is 0.993. The number of benzene rings is 12. The zero-order valence-electron chi connectivity index (χ0n) is 36.5. The molecule has 0 amide bonds. The van der Waals surface area contributed by atoms with Crippen molar-refractivity contribution in [3.63, 3.8) is 0 Å². The highest BCUT2D eigenvalue weighted by Crippen LogP contribution is 2.57. The first-order valence-corrected chi connectivity index (χ1v) is 23.2. The Hall–Kier alpha value is -8.72. The third-order valence-electron chi connectivity index (χ3n) is 14.5. The largest absolute Gasteiger partial charge is 0.455 e. The molecule has 1 aliphatic rings. The minimum atomic E-state index is -0.517. The van der Waals surface area contributed by atoms with E-state index in [0.29, 0.717) is 0 Å². The van der Waals surface area contributed by atoms with E-state index < -0.39 is 5.41 Å². The molecule has 14 rings (SSSR count). The number of hydrogen-bond acceptors (Lipinski definition) is 2. The van der Waals surface area contributed by atoms with Crippen LogP contribution in [0, 0.1) is 0 Å². The van der Waals surface area contributed by atoms with E-state index in [4.69, 9.17) is 4.42 Å². The van der Waals surface area contributed by atoms with Crippen LogP contribution in [0.3, 0.4) is 0 Å². The van der Waals surface area contributed by atoms with Gasteiger partial charge in [-0.15, -0.1) is 0 Å². The SMILES string of the molecule is c1ccc(N(c2ccc3c(c2)C(c2ccccc2)(c2ccccc2)c2ccccc2-3)c2ccc3oc4c(-c5ccc6c7ccccc7c7ccccc7c6c5)c5ccccc5cc4c3c2)cc1. The summed E-state index contributed by atoms with van der Waals surface area (Å²) in [7, 11) is 0. The fourth-order valence-electron chi connectivity index (χ4n) is 11.6. The van der Waals surface area contributed by atoms with Crippen molar-refractivity contribution in [3.05, 3.63) is 271 Å². The zero-order valence-corrected chi connectivity index (χ0v) is 36.5. The minimum absolute atomic E-state index is 0.517. The highest BCUT2D eigenvalue weighted by molar-refractivity contribution is 6.27. The number of hydrogen-bond donors (Lipinski definition) is 0. The quantitative estimate of drug-likeness (QED) is 0.155. The van der Waals surface area contributed by atoms with E-state index in [1.54, 1.807) is 0 Å². The van der Waals surface area contributed by atoms with Crippen LogP contribution >= 0.6 is 0 Å². The Morgan fingerprint density at radius 1 is 0.313 bits per heavy atom. The molecule has 0 atom stereocenters. The van der Waals surface area contributed by atoms with E-state index in [1.165, 1.54) is 76.5 Å². The predicted molar refractivity (Wildman–Crippen MR) is 281 cm³/mol. The van der Waals surface area contributed by atoms with Crippen LogP contribution < -0.4 is 4.90 Å². The molecule has 0 N–H and O–H groups in total. The van der Waals surface area contributed by atoms with Crippen LogP contribution in [0.15, 0.2) is 253 Å². The van der Waals surface area contributed by atoms with Crippen LogP contribution in [0.25, 0.3) is 87.3 Å². The lowest BCUT2D eigenvalue weighted by molar-refractivity contribution is 0.670. The smallest absolute Gasteiger partial charge is 0.143 e. The van der Waals surface area contributed by atoms with E-state index >= 15 is 0 Å². The molecule has 0 saturated carbocycles. The normalized spacial score (nSPS) is 12.9. The predicted octanol–water partition coefficient (Wildman–Crippen LogP) is 17.7. The average Bonchev–Trinajstić information content (AvgIpc) is 3.91. The van der Waals surface area contributed by atoms with Gasteiger partial charge < -0.3 is 9.32 Å². The Morgan fingerprint density at radius 3 is 1.55 bits per heavy atom. The van der Waals surface area contributed by atoms with Gasteiger partial charge in [-0.25, -0.2) is 0 Å². The molecule has 2 heteroatoms. The molecule has 1 aliphatic carbocycles. The molecule has 0 spiro atoms. The van der Waals surface area contributed by atoms with Crippen molar-refractivity contribution < 1.29 is 4.42 Å². The van der Waals surface area contributed by atoms with E-state index in [-0.39, 0.29) is 0 Å². The lowest BCUT2D eigenvalue weighted by Gasteiger charge is -2.35. The van der Waals surface area contributed by atoms with Crippen LogP contribution in [0.5, 0.6) is 0 Å². The molecule has 0 unspecified atom stereocenters. The first-order valence-electron chi connectivity index (χ1n) is 23.2. The lowest BCUT2D eigenvalue weighted by atomic mass is 9.67. The number of fused-ring (bicyclic) bond motifs is 13. The Labute approximate surface area is 388 Å². The standard InChI is InChI=1S/C65H41NO/c1-4-19-44(20-5-1)65(45-21-6-2-7-22-45)60-31-17-16-30-55(60)56-36-33-48(41-61(56)65)66(46-23-8-3-9-24-46)47-34-37-62-58(40-47)59-38-42-18-10-11-25-49(42)63(64(59)67-62)43-32-35-54-52-28-13-12-26-50(52)51-27-14-15-29-53(51)57(54)39-43/h1-41H. The summed E-state index contributed by atoms with van der Waals surface area (Å²) in [4.78, 5) is 2.41. The van der Waals surface area contributed by atoms with Crippen LogP contribution in [0.2, 0.25) is 0 Å². The molecule has 0 fully saturated rings. The van der Waals surface area contributed by atoms with Crippen molar-refractivity contribution in [1.29, 1.82) is 0 Å². The van der Waals surface area contributed by atoms with Crippen molar-refractivity contribution in [2.24, 2.45) is 0 Å². The molecule has 12 aromatic carbocycles. The van der Waals surface area contributed by atoms with E-state index in [2.05, 4.69) is 254 Å². The maximum absolute atomic E-state index is 7.07. The number of para-hydroxylation sites is 1. The fourth-order valence-corrected chi connectivity index (χ4v) is 11.6. The summed E-state index contributed by atoms with van der Waals surface area (Å²) in [5.74, 6) is 0. The average molecular weight is 852 g/mol. The first kappa shape index (κ1) is 37.6. The third-order valence-corrected chi connectivity index (χ3v) is 14.5. The highest BCUT2D eigenvalue weighted by Gasteiger charge is 2.46. The molecule has 67 heavy (non-hydrogen) atoms. The second kappa shape index (κ2) is 14.7. The van der Waals surface area contributed by atoms with Crippen LogP contribution in [0.4, 0.5) is 17.1 Å². The van der Waals surface area contributed by atoms with E-state index in [1.807, 2.05) is 0 Å². The number of rotatable bonds is 6. The molecular formula is C65H41NO. The van der Waals surface area contributed by atoms with Crippen LogP contribution in [-0.2, 0) is 5.41 Å². The van der Waals surface area contributed by atoms with Crippen molar-refractivity contribution >= 4 is 82.1 Å². The van der Waals surface area contributed by atoms with Crippen molar-refractivity contribution in [1.82, 2.24) is 0 Å². The maximum Gasteiger partial charge on any atom is 0.143 e. The first-order chi connectivity index (χ1) is 33.2. The van der Waals surface area contributed by atoms with Gasteiger partial charge in [0.1, 0.15) is 11.2 Å². The summed E-state index contributed by atoms with van der Waals surface area (Å²) in [6.45, 7) is 0. The molecule has 1 aromatic heterocycles. The van der Waals surface area contributed by atoms with Gasteiger partial charge in [-0.2, -0.15) is 0 Å². The minimum Gasteiger partial charge on any atom is -0.455 e. The molecule has 0 saturated heterocycles. The summed E-state index contributed by atoms with van der Waals surface area (Å²) in [5, 5.41) is 12.1. The number of anilines is 3. The Morgan fingerprint density at radius 2 is 0.851 bits per heavy atom. The van der Waals surface area contributed by atoms with Gasteiger partial charge in [0.15, 0.2) is 0 Å². The van der Waals surface area contributed by atoms with Gasteiger partial charge in [0.2, 0.25) is 0 Å². The summed E-state index contributed by atoms with van der Waals surface area (Å²) < 4.78 is 7.07. The number of nitrogens with zero attached hydrogens (tertiary/aromatic N) is 1. The number of furan rings is 1. The molecule has 1 heterocycles. The van der Waals surface area contributed by atoms with E-state index in [0.717, 1.165) is 50.1 Å². The second-order valence-corrected chi connectivity index (χ2v) is 17.9. The summed E-state index contributed by atoms with van der Waals surface area (Å²) >= 11 is 0. The maximum atomic E-state index is 7.07. The Kier molecular flexibility index (Phi) is 8.23. The van der Waals surface area contributed by atoms with Crippen LogP contribution in [0.1, 0.15) is 22.3 Å². The van der Waals surface area contributed by atoms with Gasteiger partial charge in [-0.1, -0.05) is 194 Å². The van der Waals surface area contributed by atoms with Crippen molar-refractivity contribution in [3.8, 4) is 22.3 Å². The second-order valence-electron chi connectivity index (χ2n) is 17.9. The van der Waals surface area contributed by atoms with Crippen molar-refractivity contribution in [2.45, 2.75) is 5.41 Å². The Bertz CT molecular complexity index is 4020. The molecule has 0 bridgehead atoms. The van der Waals surface area contributed by atoms with Gasteiger partial charge in [0.05, 0.1) is 5.41 Å². The summed E-state index contributed by atoms with van der Waals surface area (Å²) in [6.07, 6.45) is 0. The molecule has 0 radical (unpaired) electrons. The van der Waals surface area contributed by atoms with Gasteiger partial charge in [0, 0.05) is 33.4 Å². The van der Waals surface area contributed by atoms with Crippen molar-refractivity contribution in [2.75, 3.05) is 4.90 Å². The monoisotopic (exact) mass is 851 g/mol. The van der Waals surface area contributed by atoms with E-state index in [9.17, 15) is 0 Å². The zero-order chi connectivity index (χ0) is 44.1. The van der Waals surface area contributed by atoms with Gasteiger partial charge >= 0.3 is 0 Å². The van der Waals surface area contributed by atoms with Gasteiger partial charge in [0.25, 0.3) is 0 Å². The lowest BCUT2D eigenvalue weighted by Crippen LogP contribution is -2.28. The van der Waals surface area contributed by atoms with Gasteiger partial charge in [-0.3, -0.25) is 0 Å². The summed E-state index contributed by atoms with van der Waals surface area (Å²) in [6, 6.07) is 91.2. The molecule has 13 aromatic rings. The molecule has 0 aliphatic heterocycles.